The van der Waals surface area contributed by atoms with E-state index in [0.29, 0.717) is 6.04 Å². The molecule has 1 atom stereocenters. The lowest BCUT2D eigenvalue weighted by molar-refractivity contribution is 0.0699. The van der Waals surface area contributed by atoms with Gasteiger partial charge < -0.3 is 10.1 Å². The summed E-state index contributed by atoms with van der Waals surface area (Å²) in [6, 6.07) is 9.10. The Morgan fingerprint density at radius 3 is 3.17 bits per heavy atom. The van der Waals surface area contributed by atoms with Crippen molar-refractivity contribution in [3.05, 3.63) is 42.2 Å². The average molecular weight is 242 g/mol. The van der Waals surface area contributed by atoms with E-state index >= 15 is 0 Å². The van der Waals surface area contributed by atoms with Gasteiger partial charge in [-0.1, -0.05) is 12.1 Å². The standard InChI is InChI=1S/C15H18N2O/c1-2-15(11-18-7-1)17-9-12-3-4-14-10-16-6-5-13(14)8-12/h3-6,8,10,15,17H,1-2,7,9,11H2. The predicted molar refractivity (Wildman–Crippen MR) is 72.4 cm³/mol. The molecule has 1 saturated heterocycles. The summed E-state index contributed by atoms with van der Waals surface area (Å²) < 4.78 is 5.47. The number of rotatable bonds is 3. The van der Waals surface area contributed by atoms with E-state index in [2.05, 4.69) is 34.6 Å². The van der Waals surface area contributed by atoms with E-state index in [1.165, 1.54) is 29.2 Å². The number of nitrogens with one attached hydrogen (secondary N) is 1. The van der Waals surface area contributed by atoms with Gasteiger partial charge in [0.2, 0.25) is 0 Å². The van der Waals surface area contributed by atoms with Crippen molar-refractivity contribution in [2.75, 3.05) is 13.2 Å². The molecule has 18 heavy (non-hydrogen) atoms. The van der Waals surface area contributed by atoms with E-state index in [-0.39, 0.29) is 0 Å². The van der Waals surface area contributed by atoms with Crippen LogP contribution in [0.15, 0.2) is 36.7 Å². The summed E-state index contributed by atoms with van der Waals surface area (Å²) >= 11 is 0. The van der Waals surface area contributed by atoms with Gasteiger partial charge in [-0.3, -0.25) is 4.98 Å². The third-order valence-electron chi connectivity index (χ3n) is 3.46. The van der Waals surface area contributed by atoms with Crippen LogP contribution in [-0.2, 0) is 11.3 Å². The average Bonchev–Trinajstić information content (AvgIpc) is 2.46. The van der Waals surface area contributed by atoms with Crippen LogP contribution in [0.5, 0.6) is 0 Å². The van der Waals surface area contributed by atoms with Gasteiger partial charge in [0.05, 0.1) is 6.61 Å². The second-order valence-electron chi connectivity index (χ2n) is 4.85. The summed E-state index contributed by atoms with van der Waals surface area (Å²) in [7, 11) is 0. The van der Waals surface area contributed by atoms with Crippen molar-refractivity contribution < 1.29 is 4.74 Å². The van der Waals surface area contributed by atoms with Crippen LogP contribution in [0.1, 0.15) is 18.4 Å². The highest BCUT2D eigenvalue weighted by atomic mass is 16.5. The first-order chi connectivity index (χ1) is 8.92. The van der Waals surface area contributed by atoms with Gasteiger partial charge in [0.25, 0.3) is 0 Å². The van der Waals surface area contributed by atoms with E-state index in [9.17, 15) is 0 Å². The molecule has 1 unspecified atom stereocenters. The van der Waals surface area contributed by atoms with Crippen molar-refractivity contribution in [3.8, 4) is 0 Å². The SMILES string of the molecule is c1cc2cc(CNC3CCCOC3)ccc2cn1. The Labute approximate surface area is 107 Å². The summed E-state index contributed by atoms with van der Waals surface area (Å²) in [5.74, 6) is 0. The maximum absolute atomic E-state index is 5.47. The summed E-state index contributed by atoms with van der Waals surface area (Å²) in [4.78, 5) is 4.13. The maximum Gasteiger partial charge on any atom is 0.0619 e. The summed E-state index contributed by atoms with van der Waals surface area (Å²) in [6.07, 6.45) is 6.13. The van der Waals surface area contributed by atoms with Crippen LogP contribution in [-0.4, -0.2) is 24.2 Å². The molecule has 0 aliphatic carbocycles. The summed E-state index contributed by atoms with van der Waals surface area (Å²) in [5.41, 5.74) is 1.32. The van der Waals surface area contributed by atoms with E-state index < -0.39 is 0 Å². The lowest BCUT2D eigenvalue weighted by atomic mass is 10.1. The second kappa shape index (κ2) is 5.46. The lowest BCUT2D eigenvalue weighted by Crippen LogP contribution is -2.36. The molecule has 1 N–H and O–H groups in total. The molecule has 0 saturated carbocycles. The van der Waals surface area contributed by atoms with E-state index in [4.69, 9.17) is 4.74 Å². The summed E-state index contributed by atoms with van der Waals surface area (Å²) in [5, 5.41) is 6.01. The Kier molecular flexibility index (Phi) is 3.53. The molecule has 94 valence electrons. The molecule has 0 radical (unpaired) electrons. The van der Waals surface area contributed by atoms with Crippen LogP contribution in [0.3, 0.4) is 0 Å². The monoisotopic (exact) mass is 242 g/mol. The lowest BCUT2D eigenvalue weighted by Gasteiger charge is -2.23. The van der Waals surface area contributed by atoms with Gasteiger partial charge in [-0.15, -0.1) is 0 Å². The minimum Gasteiger partial charge on any atom is -0.380 e. The molecule has 1 aromatic carbocycles. The fraction of sp³-hybridized carbons (Fsp3) is 0.400. The molecule has 1 aliphatic rings. The minimum atomic E-state index is 0.506. The molecule has 1 aliphatic heterocycles. The molecule has 1 aromatic heterocycles. The number of fused-ring (bicyclic) bond motifs is 1. The molecule has 0 amide bonds. The van der Waals surface area contributed by atoms with Crippen molar-refractivity contribution in [2.24, 2.45) is 0 Å². The van der Waals surface area contributed by atoms with E-state index in [0.717, 1.165) is 19.8 Å². The number of pyridine rings is 1. The van der Waals surface area contributed by atoms with Crippen molar-refractivity contribution in [2.45, 2.75) is 25.4 Å². The number of benzene rings is 1. The normalized spacial score (nSPS) is 20.1. The first-order valence-electron chi connectivity index (χ1n) is 6.55. The smallest absolute Gasteiger partial charge is 0.0619 e. The first kappa shape index (κ1) is 11.6. The van der Waals surface area contributed by atoms with Gasteiger partial charge in [-0.2, -0.15) is 0 Å². The van der Waals surface area contributed by atoms with Gasteiger partial charge in [0.1, 0.15) is 0 Å². The van der Waals surface area contributed by atoms with Crippen molar-refractivity contribution in [3.63, 3.8) is 0 Å². The molecule has 3 nitrogen and oxygen atoms in total. The molecule has 3 heteroatoms. The molecule has 3 rings (SSSR count). The van der Waals surface area contributed by atoms with Crippen LogP contribution in [0.2, 0.25) is 0 Å². The van der Waals surface area contributed by atoms with Gasteiger partial charge >= 0.3 is 0 Å². The third-order valence-corrected chi connectivity index (χ3v) is 3.46. The van der Waals surface area contributed by atoms with Crippen LogP contribution in [0, 0.1) is 0 Å². The Balaban J connectivity index is 1.66. The topological polar surface area (TPSA) is 34.1 Å². The molecular weight excluding hydrogens is 224 g/mol. The Morgan fingerprint density at radius 1 is 1.28 bits per heavy atom. The zero-order valence-corrected chi connectivity index (χ0v) is 10.4. The van der Waals surface area contributed by atoms with Crippen molar-refractivity contribution >= 4 is 10.8 Å². The van der Waals surface area contributed by atoms with E-state index in [1.807, 2.05) is 12.4 Å². The van der Waals surface area contributed by atoms with Crippen LogP contribution in [0.4, 0.5) is 0 Å². The van der Waals surface area contributed by atoms with E-state index in [1.54, 1.807) is 0 Å². The quantitative estimate of drug-likeness (QED) is 0.898. The Bertz CT molecular complexity index is 521. The van der Waals surface area contributed by atoms with Gasteiger partial charge in [-0.05, 0) is 35.9 Å². The summed E-state index contributed by atoms with van der Waals surface area (Å²) in [6.45, 7) is 2.67. The highest BCUT2D eigenvalue weighted by molar-refractivity contribution is 5.81. The number of ether oxygens (including phenoxy) is 1. The van der Waals surface area contributed by atoms with Gasteiger partial charge in [0.15, 0.2) is 0 Å². The number of aromatic nitrogens is 1. The zero-order chi connectivity index (χ0) is 12.2. The molecule has 2 heterocycles. The van der Waals surface area contributed by atoms with Crippen LogP contribution in [0.25, 0.3) is 10.8 Å². The molecule has 0 bridgehead atoms. The zero-order valence-electron chi connectivity index (χ0n) is 10.4. The maximum atomic E-state index is 5.47. The third kappa shape index (κ3) is 2.68. The second-order valence-corrected chi connectivity index (χ2v) is 4.85. The molecule has 2 aromatic rings. The molecule has 0 spiro atoms. The minimum absolute atomic E-state index is 0.506. The Morgan fingerprint density at radius 2 is 2.28 bits per heavy atom. The highest BCUT2D eigenvalue weighted by Gasteiger charge is 2.12. The van der Waals surface area contributed by atoms with Crippen molar-refractivity contribution in [1.82, 2.24) is 10.3 Å². The van der Waals surface area contributed by atoms with Crippen LogP contribution < -0.4 is 5.32 Å². The fourth-order valence-electron chi connectivity index (χ4n) is 2.41. The van der Waals surface area contributed by atoms with Crippen molar-refractivity contribution in [1.29, 1.82) is 0 Å². The molecule has 1 fully saturated rings. The first-order valence-corrected chi connectivity index (χ1v) is 6.55. The number of nitrogens with zero attached hydrogens (tertiary/aromatic N) is 1. The fourth-order valence-corrected chi connectivity index (χ4v) is 2.41. The van der Waals surface area contributed by atoms with Gasteiger partial charge in [0, 0.05) is 37.0 Å². The molecular formula is C15H18N2O. The largest absolute Gasteiger partial charge is 0.380 e. The predicted octanol–water partition coefficient (Wildman–Crippen LogP) is 2.50. The Hall–Kier alpha value is -1.45. The highest BCUT2D eigenvalue weighted by Crippen LogP contribution is 2.15. The van der Waals surface area contributed by atoms with Crippen LogP contribution >= 0.6 is 0 Å². The number of hydrogen-bond donors (Lipinski definition) is 1. The number of hydrogen-bond acceptors (Lipinski definition) is 3. The van der Waals surface area contributed by atoms with Gasteiger partial charge in [-0.25, -0.2) is 0 Å².